The zero-order valence-corrected chi connectivity index (χ0v) is 19.3. The predicted molar refractivity (Wildman–Crippen MR) is 127 cm³/mol. The molecule has 0 bridgehead atoms. The van der Waals surface area contributed by atoms with Crippen LogP contribution < -0.4 is 10.6 Å². The summed E-state index contributed by atoms with van der Waals surface area (Å²) in [5, 5.41) is 15.0. The van der Waals surface area contributed by atoms with Gasteiger partial charge in [-0.25, -0.2) is 0 Å². The molecule has 31 heavy (non-hydrogen) atoms. The molecule has 0 aliphatic heterocycles. The Bertz CT molecular complexity index is 1050. The molecule has 0 saturated heterocycles. The summed E-state index contributed by atoms with van der Waals surface area (Å²) in [4.78, 5) is 26.6. The molecule has 2 aromatic carbocycles. The van der Waals surface area contributed by atoms with Crippen molar-refractivity contribution < 1.29 is 9.59 Å². The lowest BCUT2D eigenvalue weighted by Crippen LogP contribution is -2.30. The minimum atomic E-state index is -0.166. The fraction of sp³-hybridized carbons (Fsp3) is 0.273. The Hall–Kier alpha value is -2.91. The van der Waals surface area contributed by atoms with Gasteiger partial charge in [0.15, 0.2) is 4.34 Å². The minimum absolute atomic E-state index is 0.0435. The Labute approximate surface area is 190 Å². The number of benzene rings is 2. The van der Waals surface area contributed by atoms with Crippen LogP contribution in [0.5, 0.6) is 0 Å². The first-order valence-corrected chi connectivity index (χ1v) is 11.8. The Morgan fingerprint density at radius 2 is 1.77 bits per heavy atom. The van der Waals surface area contributed by atoms with E-state index in [0.29, 0.717) is 33.8 Å². The molecule has 2 amide bonds. The van der Waals surface area contributed by atoms with E-state index < -0.39 is 0 Å². The van der Waals surface area contributed by atoms with Gasteiger partial charge in [0, 0.05) is 30.0 Å². The molecule has 0 atom stereocenters. The molecule has 0 unspecified atom stereocenters. The number of rotatable bonds is 9. The van der Waals surface area contributed by atoms with E-state index in [9.17, 15) is 9.59 Å². The normalized spacial score (nSPS) is 10.5. The van der Waals surface area contributed by atoms with Crippen LogP contribution in [0.25, 0.3) is 0 Å². The van der Waals surface area contributed by atoms with E-state index in [1.807, 2.05) is 45.0 Å². The molecule has 2 N–H and O–H groups in total. The Morgan fingerprint density at radius 3 is 2.52 bits per heavy atom. The maximum Gasteiger partial charge on any atom is 0.253 e. The number of carbonyl (C=O) groups is 2. The van der Waals surface area contributed by atoms with E-state index in [4.69, 9.17) is 0 Å². The maximum atomic E-state index is 12.5. The van der Waals surface area contributed by atoms with Gasteiger partial charge in [-0.3, -0.25) is 9.59 Å². The van der Waals surface area contributed by atoms with Crippen molar-refractivity contribution in [2.24, 2.45) is 0 Å². The number of hydrogen-bond donors (Lipinski definition) is 2. The number of amides is 2. The number of carbonyl (C=O) groups excluding carboxylic acids is 2. The van der Waals surface area contributed by atoms with Gasteiger partial charge in [-0.05, 0) is 56.7 Å². The van der Waals surface area contributed by atoms with Gasteiger partial charge in [0.25, 0.3) is 5.91 Å². The summed E-state index contributed by atoms with van der Waals surface area (Å²) in [6.07, 6.45) is 0. The third-order valence-corrected chi connectivity index (χ3v) is 6.42. The van der Waals surface area contributed by atoms with Crippen LogP contribution in [0.15, 0.2) is 52.9 Å². The Balaban J connectivity index is 1.53. The van der Waals surface area contributed by atoms with Crippen LogP contribution >= 0.6 is 23.1 Å². The Morgan fingerprint density at radius 1 is 1.03 bits per heavy atom. The lowest BCUT2D eigenvalue weighted by Gasteiger charge is -2.19. The van der Waals surface area contributed by atoms with Crippen molar-refractivity contribution in [2.45, 2.75) is 25.1 Å². The van der Waals surface area contributed by atoms with Gasteiger partial charge in [-0.2, -0.15) is 0 Å². The Kier molecular flexibility index (Phi) is 8.02. The molecule has 0 aliphatic rings. The highest BCUT2D eigenvalue weighted by Crippen LogP contribution is 2.28. The van der Waals surface area contributed by atoms with Crippen LogP contribution in [-0.4, -0.2) is 45.8 Å². The standard InChI is InChI=1S/C22H25N5O2S2/c1-4-27(5-2)20(29)16-9-7-11-18(13-16)23-19(28)14-30-22-26-25-21(31-22)24-17-10-6-8-15(3)12-17/h6-13H,4-5,14H2,1-3H3,(H,23,28)(H,24,25). The van der Waals surface area contributed by atoms with Crippen molar-refractivity contribution in [2.75, 3.05) is 29.5 Å². The molecular weight excluding hydrogens is 430 g/mol. The molecule has 3 aromatic rings. The summed E-state index contributed by atoms with van der Waals surface area (Å²) >= 11 is 2.72. The van der Waals surface area contributed by atoms with Gasteiger partial charge >= 0.3 is 0 Å². The topological polar surface area (TPSA) is 87.2 Å². The van der Waals surface area contributed by atoms with Crippen LogP contribution in [0.1, 0.15) is 29.8 Å². The highest BCUT2D eigenvalue weighted by atomic mass is 32.2. The third-order valence-electron chi connectivity index (χ3n) is 4.45. The first-order valence-electron chi connectivity index (χ1n) is 9.97. The third kappa shape index (κ3) is 6.53. The van der Waals surface area contributed by atoms with Gasteiger partial charge in [0.05, 0.1) is 5.75 Å². The van der Waals surface area contributed by atoms with Gasteiger partial charge in [0.2, 0.25) is 11.0 Å². The van der Waals surface area contributed by atoms with E-state index in [-0.39, 0.29) is 17.6 Å². The van der Waals surface area contributed by atoms with Crippen LogP contribution in [0.4, 0.5) is 16.5 Å². The number of hydrogen-bond acceptors (Lipinski definition) is 7. The largest absolute Gasteiger partial charge is 0.339 e. The second-order valence-corrected chi connectivity index (χ2v) is 8.96. The molecule has 0 saturated carbocycles. The second kappa shape index (κ2) is 10.9. The van der Waals surface area contributed by atoms with E-state index in [2.05, 4.69) is 20.8 Å². The molecule has 3 rings (SSSR count). The predicted octanol–water partition coefficient (Wildman–Crippen LogP) is 4.80. The number of thioether (sulfide) groups is 1. The van der Waals surface area contributed by atoms with Crippen molar-refractivity contribution >= 4 is 51.4 Å². The van der Waals surface area contributed by atoms with Gasteiger partial charge < -0.3 is 15.5 Å². The first kappa shape index (κ1) is 22.8. The summed E-state index contributed by atoms with van der Waals surface area (Å²) in [5.74, 6) is -0.00776. The maximum absolute atomic E-state index is 12.5. The quantitative estimate of drug-likeness (QED) is 0.451. The molecule has 1 heterocycles. The van der Waals surface area contributed by atoms with Crippen molar-refractivity contribution in [3.8, 4) is 0 Å². The number of aryl methyl sites for hydroxylation is 1. The average molecular weight is 456 g/mol. The van der Waals surface area contributed by atoms with Crippen molar-refractivity contribution in [1.29, 1.82) is 0 Å². The molecule has 162 valence electrons. The van der Waals surface area contributed by atoms with Gasteiger partial charge in [-0.15, -0.1) is 10.2 Å². The van der Waals surface area contributed by atoms with Crippen LogP contribution in [0.3, 0.4) is 0 Å². The smallest absolute Gasteiger partial charge is 0.253 e. The zero-order chi connectivity index (χ0) is 22.2. The molecule has 0 spiro atoms. The summed E-state index contributed by atoms with van der Waals surface area (Å²) in [6.45, 7) is 7.20. The van der Waals surface area contributed by atoms with Crippen molar-refractivity contribution in [3.63, 3.8) is 0 Å². The van der Waals surface area contributed by atoms with E-state index >= 15 is 0 Å². The molecule has 0 fully saturated rings. The zero-order valence-electron chi connectivity index (χ0n) is 17.7. The van der Waals surface area contributed by atoms with Crippen molar-refractivity contribution in [3.05, 3.63) is 59.7 Å². The number of aromatic nitrogens is 2. The van der Waals surface area contributed by atoms with E-state index in [0.717, 1.165) is 11.3 Å². The summed E-state index contributed by atoms with van der Waals surface area (Å²) < 4.78 is 0.704. The van der Waals surface area contributed by atoms with Gasteiger partial charge in [-0.1, -0.05) is 41.3 Å². The SMILES string of the molecule is CCN(CC)C(=O)c1cccc(NC(=O)CSc2nnc(Nc3cccc(C)c3)s2)c1. The highest BCUT2D eigenvalue weighted by molar-refractivity contribution is 8.01. The van der Waals surface area contributed by atoms with Crippen LogP contribution in [0, 0.1) is 6.92 Å². The molecule has 9 heteroatoms. The first-order chi connectivity index (χ1) is 15.0. The summed E-state index contributed by atoms with van der Waals surface area (Å²) in [7, 11) is 0. The molecular formula is C22H25N5O2S2. The fourth-order valence-corrected chi connectivity index (χ4v) is 4.48. The molecule has 0 aliphatic carbocycles. The van der Waals surface area contributed by atoms with Crippen LogP contribution in [-0.2, 0) is 4.79 Å². The lowest BCUT2D eigenvalue weighted by atomic mass is 10.1. The highest BCUT2D eigenvalue weighted by Gasteiger charge is 2.14. The fourth-order valence-electron chi connectivity index (χ4n) is 2.91. The molecule has 7 nitrogen and oxygen atoms in total. The summed E-state index contributed by atoms with van der Waals surface area (Å²) in [5.41, 5.74) is 3.26. The number of anilines is 3. The summed E-state index contributed by atoms with van der Waals surface area (Å²) in [6, 6.07) is 15.0. The average Bonchev–Trinajstić information content (AvgIpc) is 3.20. The lowest BCUT2D eigenvalue weighted by molar-refractivity contribution is -0.113. The molecule has 0 radical (unpaired) electrons. The van der Waals surface area contributed by atoms with Gasteiger partial charge in [0.1, 0.15) is 0 Å². The van der Waals surface area contributed by atoms with E-state index in [1.54, 1.807) is 29.2 Å². The number of nitrogens with zero attached hydrogens (tertiary/aromatic N) is 3. The monoisotopic (exact) mass is 455 g/mol. The second-order valence-electron chi connectivity index (χ2n) is 6.76. The van der Waals surface area contributed by atoms with Crippen molar-refractivity contribution in [1.82, 2.24) is 15.1 Å². The van der Waals surface area contributed by atoms with E-state index in [1.165, 1.54) is 23.1 Å². The number of nitrogens with one attached hydrogen (secondary N) is 2. The van der Waals surface area contributed by atoms with Crippen LogP contribution in [0.2, 0.25) is 0 Å². The minimum Gasteiger partial charge on any atom is -0.339 e. The molecule has 1 aromatic heterocycles.